The van der Waals surface area contributed by atoms with Crippen LogP contribution in [0, 0.1) is 5.92 Å². The summed E-state index contributed by atoms with van der Waals surface area (Å²) >= 11 is 0. The molecule has 0 atom stereocenters. The Bertz CT molecular complexity index is 266. The summed E-state index contributed by atoms with van der Waals surface area (Å²) in [5.74, 6) is 0.853. The Labute approximate surface area is 99.4 Å². The molecule has 1 fully saturated rings. The predicted molar refractivity (Wildman–Crippen MR) is 66.1 cm³/mol. The summed E-state index contributed by atoms with van der Waals surface area (Å²) in [6.07, 6.45) is 12.1. The summed E-state index contributed by atoms with van der Waals surface area (Å²) in [5.41, 5.74) is 0. The molecule has 16 heavy (non-hydrogen) atoms. The van der Waals surface area contributed by atoms with Gasteiger partial charge in [0.25, 0.3) is 10.1 Å². The number of unbranched alkanes of at least 4 members (excludes halogenated alkanes) is 3. The molecule has 1 saturated carbocycles. The molecule has 1 aliphatic rings. The predicted octanol–water partition coefficient (Wildman–Crippen LogP) is 3.41. The van der Waals surface area contributed by atoms with Gasteiger partial charge in [0.15, 0.2) is 0 Å². The Morgan fingerprint density at radius 2 is 1.56 bits per heavy atom. The van der Waals surface area contributed by atoms with Crippen molar-refractivity contribution < 1.29 is 13.0 Å². The van der Waals surface area contributed by atoms with Crippen molar-refractivity contribution in [2.45, 2.75) is 64.2 Å². The van der Waals surface area contributed by atoms with Crippen LogP contribution in [0.5, 0.6) is 0 Å². The molecule has 0 radical (unpaired) electrons. The van der Waals surface area contributed by atoms with Crippen LogP contribution >= 0.6 is 0 Å². The zero-order valence-corrected chi connectivity index (χ0v) is 10.8. The summed E-state index contributed by atoms with van der Waals surface area (Å²) in [7, 11) is -3.73. The maximum Gasteiger partial charge on any atom is 0.264 e. The second-order valence-corrected chi connectivity index (χ2v) is 6.57. The molecule has 0 aromatic rings. The van der Waals surface area contributed by atoms with Gasteiger partial charge in [-0.05, 0) is 12.3 Å². The lowest BCUT2D eigenvalue weighted by atomic mass is 9.85. The largest absolute Gasteiger partial charge is 0.286 e. The van der Waals surface area contributed by atoms with Gasteiger partial charge in [-0.15, -0.1) is 0 Å². The van der Waals surface area contributed by atoms with E-state index in [9.17, 15) is 8.42 Å². The molecule has 0 aliphatic heterocycles. The van der Waals surface area contributed by atoms with Gasteiger partial charge in [0.05, 0.1) is 5.75 Å². The Kier molecular flexibility index (Phi) is 6.36. The molecular formula is C12H24O3S. The number of hydrogen-bond acceptors (Lipinski definition) is 2. The van der Waals surface area contributed by atoms with Gasteiger partial charge in [0, 0.05) is 0 Å². The molecule has 0 amide bonds. The zero-order chi connectivity index (χ0) is 11.9. The molecule has 1 aliphatic carbocycles. The first-order valence-electron chi connectivity index (χ1n) is 6.53. The third kappa shape index (κ3) is 7.23. The second-order valence-electron chi connectivity index (χ2n) is 4.99. The van der Waals surface area contributed by atoms with Crippen LogP contribution in [-0.2, 0) is 10.1 Å². The normalized spacial score (nSPS) is 18.8. The van der Waals surface area contributed by atoms with E-state index in [-0.39, 0.29) is 5.75 Å². The van der Waals surface area contributed by atoms with E-state index in [0.29, 0.717) is 6.42 Å². The van der Waals surface area contributed by atoms with Gasteiger partial charge in [0.2, 0.25) is 0 Å². The van der Waals surface area contributed by atoms with Crippen molar-refractivity contribution in [3.8, 4) is 0 Å². The van der Waals surface area contributed by atoms with Gasteiger partial charge in [0.1, 0.15) is 0 Å². The van der Waals surface area contributed by atoms with Crippen LogP contribution in [0.2, 0.25) is 0 Å². The zero-order valence-electron chi connectivity index (χ0n) is 10.0. The third-order valence-corrected chi connectivity index (χ3v) is 4.29. The molecule has 0 unspecified atom stereocenters. The monoisotopic (exact) mass is 248 g/mol. The maximum atomic E-state index is 10.5. The highest BCUT2D eigenvalue weighted by atomic mass is 32.2. The lowest BCUT2D eigenvalue weighted by molar-refractivity contribution is 0.328. The standard InChI is InChI=1S/C12H24O3S/c13-16(14,15)11-7-2-1-4-8-12-9-5-3-6-10-12/h12H,1-11H2,(H,13,14,15). The van der Waals surface area contributed by atoms with Crippen molar-refractivity contribution in [3.63, 3.8) is 0 Å². The lowest BCUT2D eigenvalue weighted by Crippen LogP contribution is -2.06. The highest BCUT2D eigenvalue weighted by Crippen LogP contribution is 2.27. The van der Waals surface area contributed by atoms with Crippen molar-refractivity contribution in [1.29, 1.82) is 0 Å². The number of hydrogen-bond donors (Lipinski definition) is 1. The first kappa shape index (κ1) is 14.0. The van der Waals surface area contributed by atoms with E-state index >= 15 is 0 Å². The molecule has 1 N–H and O–H groups in total. The molecular weight excluding hydrogens is 224 g/mol. The van der Waals surface area contributed by atoms with Crippen LogP contribution in [0.25, 0.3) is 0 Å². The molecule has 0 aromatic carbocycles. The molecule has 0 spiro atoms. The summed E-state index contributed by atoms with van der Waals surface area (Å²) < 4.78 is 29.5. The minimum absolute atomic E-state index is 0.0730. The molecule has 0 aromatic heterocycles. The van der Waals surface area contributed by atoms with Gasteiger partial charge in [-0.25, -0.2) is 0 Å². The Morgan fingerprint density at radius 3 is 2.19 bits per heavy atom. The summed E-state index contributed by atoms with van der Waals surface area (Å²) in [6, 6.07) is 0. The average molecular weight is 248 g/mol. The highest BCUT2D eigenvalue weighted by molar-refractivity contribution is 7.85. The maximum absolute atomic E-state index is 10.5. The van der Waals surface area contributed by atoms with E-state index in [2.05, 4.69) is 0 Å². The van der Waals surface area contributed by atoms with Gasteiger partial charge in [-0.2, -0.15) is 8.42 Å². The van der Waals surface area contributed by atoms with Crippen LogP contribution in [0.15, 0.2) is 0 Å². The molecule has 1 rings (SSSR count). The lowest BCUT2D eigenvalue weighted by Gasteiger charge is -2.21. The third-order valence-electron chi connectivity index (χ3n) is 3.49. The van der Waals surface area contributed by atoms with Crippen molar-refractivity contribution in [3.05, 3.63) is 0 Å². The Hall–Kier alpha value is -0.0900. The van der Waals surface area contributed by atoms with Gasteiger partial charge in [-0.3, -0.25) is 4.55 Å². The molecule has 4 heteroatoms. The van der Waals surface area contributed by atoms with Gasteiger partial charge < -0.3 is 0 Å². The fourth-order valence-corrected chi connectivity index (χ4v) is 3.12. The highest BCUT2D eigenvalue weighted by Gasteiger charge is 2.12. The topological polar surface area (TPSA) is 54.4 Å². The first-order valence-corrected chi connectivity index (χ1v) is 8.14. The van der Waals surface area contributed by atoms with E-state index in [1.54, 1.807) is 0 Å². The van der Waals surface area contributed by atoms with E-state index in [4.69, 9.17) is 4.55 Å². The average Bonchev–Trinajstić information content (AvgIpc) is 2.23. The van der Waals surface area contributed by atoms with Crippen molar-refractivity contribution in [2.24, 2.45) is 5.92 Å². The molecule has 0 bridgehead atoms. The molecule has 0 heterocycles. The van der Waals surface area contributed by atoms with E-state index in [1.807, 2.05) is 0 Å². The minimum atomic E-state index is -3.73. The minimum Gasteiger partial charge on any atom is -0.286 e. The quantitative estimate of drug-likeness (QED) is 0.555. The van der Waals surface area contributed by atoms with E-state index < -0.39 is 10.1 Å². The fourth-order valence-electron chi connectivity index (χ4n) is 2.55. The van der Waals surface area contributed by atoms with E-state index in [1.165, 1.54) is 44.9 Å². The van der Waals surface area contributed by atoms with Gasteiger partial charge in [-0.1, -0.05) is 57.8 Å². The van der Waals surface area contributed by atoms with Crippen molar-refractivity contribution >= 4 is 10.1 Å². The van der Waals surface area contributed by atoms with Crippen molar-refractivity contribution in [1.82, 2.24) is 0 Å². The van der Waals surface area contributed by atoms with Crippen LogP contribution in [0.4, 0.5) is 0 Å². The Morgan fingerprint density at radius 1 is 0.938 bits per heavy atom. The number of rotatable bonds is 7. The van der Waals surface area contributed by atoms with Crippen molar-refractivity contribution in [2.75, 3.05) is 5.75 Å². The SMILES string of the molecule is O=S(=O)(O)CCCCCCC1CCCCC1. The summed E-state index contributed by atoms with van der Waals surface area (Å²) in [4.78, 5) is 0. The Balaban J connectivity index is 1.91. The second kappa shape index (κ2) is 7.28. The van der Waals surface area contributed by atoms with Gasteiger partial charge >= 0.3 is 0 Å². The first-order chi connectivity index (χ1) is 7.58. The molecule has 96 valence electrons. The van der Waals surface area contributed by atoms with Crippen LogP contribution < -0.4 is 0 Å². The summed E-state index contributed by atoms with van der Waals surface area (Å²) in [6.45, 7) is 0. The summed E-state index contributed by atoms with van der Waals surface area (Å²) in [5, 5.41) is 0. The smallest absolute Gasteiger partial charge is 0.264 e. The molecule has 3 nitrogen and oxygen atoms in total. The van der Waals surface area contributed by atoms with Crippen LogP contribution in [-0.4, -0.2) is 18.7 Å². The fraction of sp³-hybridized carbons (Fsp3) is 1.00. The van der Waals surface area contributed by atoms with Crippen LogP contribution in [0.1, 0.15) is 64.2 Å². The molecule has 0 saturated heterocycles. The van der Waals surface area contributed by atoms with E-state index in [0.717, 1.165) is 18.8 Å². The van der Waals surface area contributed by atoms with Crippen LogP contribution in [0.3, 0.4) is 0 Å².